The molecule has 2 aromatic heterocycles. The van der Waals surface area contributed by atoms with Crippen LogP contribution < -0.4 is 0 Å². The number of aryl methyl sites for hydroxylation is 3. The lowest BCUT2D eigenvalue weighted by Crippen LogP contribution is -2.09. The third-order valence-corrected chi connectivity index (χ3v) is 4.19. The van der Waals surface area contributed by atoms with Crippen LogP contribution >= 0.6 is 23.1 Å². The topological polar surface area (TPSA) is 60.7 Å². The fourth-order valence-corrected chi connectivity index (χ4v) is 2.80. The molecule has 19 heavy (non-hydrogen) atoms. The van der Waals surface area contributed by atoms with Crippen molar-refractivity contribution in [2.45, 2.75) is 33.1 Å². The first kappa shape index (κ1) is 14.1. The first-order valence-electron chi connectivity index (χ1n) is 6.07. The molecule has 0 N–H and O–H groups in total. The molecule has 102 valence electrons. The molecule has 0 aliphatic carbocycles. The van der Waals surface area contributed by atoms with E-state index in [0.29, 0.717) is 9.90 Å². The molecule has 0 spiro atoms. The van der Waals surface area contributed by atoms with Crippen LogP contribution in [-0.2, 0) is 19.9 Å². The highest BCUT2D eigenvalue weighted by molar-refractivity contribution is 7.08. The van der Waals surface area contributed by atoms with Crippen LogP contribution in [-0.4, -0.2) is 25.2 Å². The van der Waals surface area contributed by atoms with Crippen LogP contribution in [0.3, 0.4) is 0 Å². The van der Waals surface area contributed by atoms with Crippen molar-refractivity contribution in [3.05, 3.63) is 27.0 Å². The molecule has 7 heteroatoms. The van der Waals surface area contributed by atoms with Crippen molar-refractivity contribution in [2.75, 3.05) is 0 Å². The van der Waals surface area contributed by atoms with Crippen molar-refractivity contribution in [2.24, 2.45) is 7.05 Å². The molecular weight excluding hydrogens is 284 g/mol. The summed E-state index contributed by atoms with van der Waals surface area (Å²) in [6, 6.07) is 0. The van der Waals surface area contributed by atoms with E-state index in [0.717, 1.165) is 41.5 Å². The number of ketones is 1. The van der Waals surface area contributed by atoms with E-state index in [1.165, 1.54) is 0 Å². The molecule has 0 aliphatic rings. The fourth-order valence-electron chi connectivity index (χ4n) is 1.93. The number of rotatable bonds is 5. The van der Waals surface area contributed by atoms with Gasteiger partial charge < -0.3 is 0 Å². The Morgan fingerprint density at radius 3 is 2.79 bits per heavy atom. The summed E-state index contributed by atoms with van der Waals surface area (Å²) >= 11 is 7.31. The van der Waals surface area contributed by atoms with Crippen LogP contribution in [0.5, 0.6) is 0 Å². The molecule has 0 aliphatic heterocycles. The van der Waals surface area contributed by atoms with E-state index in [4.69, 9.17) is 11.6 Å². The minimum Gasteiger partial charge on any atom is -0.293 e. The second-order valence-electron chi connectivity index (χ2n) is 4.37. The molecule has 2 rings (SSSR count). The first-order chi connectivity index (χ1) is 9.04. The van der Waals surface area contributed by atoms with E-state index in [-0.39, 0.29) is 12.2 Å². The zero-order chi connectivity index (χ0) is 14.0. The number of carbonyl (C=O) groups excluding carboxylic acids is 1. The van der Waals surface area contributed by atoms with Crippen molar-refractivity contribution >= 4 is 28.9 Å². The Morgan fingerprint density at radius 1 is 1.47 bits per heavy atom. The highest BCUT2D eigenvalue weighted by atomic mass is 35.5. The van der Waals surface area contributed by atoms with E-state index < -0.39 is 0 Å². The average molecular weight is 299 g/mol. The van der Waals surface area contributed by atoms with E-state index in [9.17, 15) is 4.79 Å². The van der Waals surface area contributed by atoms with E-state index in [2.05, 4.69) is 21.6 Å². The maximum atomic E-state index is 12.3. The van der Waals surface area contributed by atoms with E-state index >= 15 is 0 Å². The average Bonchev–Trinajstić information content (AvgIpc) is 2.91. The van der Waals surface area contributed by atoms with E-state index in [1.54, 1.807) is 11.7 Å². The molecule has 0 saturated carbocycles. The van der Waals surface area contributed by atoms with Crippen molar-refractivity contribution in [1.29, 1.82) is 0 Å². The van der Waals surface area contributed by atoms with Gasteiger partial charge in [-0.2, -0.15) is 5.10 Å². The van der Waals surface area contributed by atoms with Gasteiger partial charge in [-0.3, -0.25) is 9.48 Å². The van der Waals surface area contributed by atoms with Crippen LogP contribution in [0.1, 0.15) is 40.1 Å². The summed E-state index contributed by atoms with van der Waals surface area (Å²) < 4.78 is 5.53. The minimum atomic E-state index is 0.00310. The SMILES string of the molecule is CCCc1nnsc1C(=O)Cc1c(Cl)c(C)nn1C. The maximum Gasteiger partial charge on any atom is 0.182 e. The summed E-state index contributed by atoms with van der Waals surface area (Å²) in [5.74, 6) is 0.00310. The Hall–Kier alpha value is -1.27. The van der Waals surface area contributed by atoms with Gasteiger partial charge in [0.15, 0.2) is 5.78 Å². The highest BCUT2D eigenvalue weighted by Crippen LogP contribution is 2.22. The molecule has 0 fully saturated rings. The number of hydrogen-bond acceptors (Lipinski definition) is 5. The second kappa shape index (κ2) is 5.79. The number of halogens is 1. The van der Waals surface area contributed by atoms with Gasteiger partial charge in [0.05, 0.1) is 28.5 Å². The van der Waals surface area contributed by atoms with Crippen LogP contribution in [0.4, 0.5) is 0 Å². The molecule has 0 bridgehead atoms. The molecule has 0 unspecified atom stereocenters. The number of Topliss-reactive ketones (excluding diaryl/α,β-unsaturated/α-hetero) is 1. The van der Waals surface area contributed by atoms with Gasteiger partial charge in [0.25, 0.3) is 0 Å². The Labute approximate surface area is 120 Å². The van der Waals surface area contributed by atoms with Crippen molar-refractivity contribution in [1.82, 2.24) is 19.4 Å². The quantitative estimate of drug-likeness (QED) is 0.796. The third kappa shape index (κ3) is 2.84. The van der Waals surface area contributed by atoms with Crippen LogP contribution in [0, 0.1) is 6.92 Å². The standard InChI is InChI=1S/C12H15ClN4OS/c1-4-5-8-12(19-16-14-8)10(18)6-9-11(13)7(2)15-17(9)3/h4-6H2,1-3H3. The molecule has 5 nitrogen and oxygen atoms in total. The van der Waals surface area contributed by atoms with E-state index in [1.807, 2.05) is 6.92 Å². The zero-order valence-electron chi connectivity index (χ0n) is 11.1. The summed E-state index contributed by atoms with van der Waals surface area (Å²) in [6.07, 6.45) is 1.95. The van der Waals surface area contributed by atoms with Gasteiger partial charge in [-0.1, -0.05) is 29.4 Å². The van der Waals surface area contributed by atoms with Crippen molar-refractivity contribution in [3.8, 4) is 0 Å². The summed E-state index contributed by atoms with van der Waals surface area (Å²) in [6.45, 7) is 3.88. The van der Waals surface area contributed by atoms with Gasteiger partial charge in [-0.15, -0.1) is 5.10 Å². The van der Waals surface area contributed by atoms with Crippen molar-refractivity contribution < 1.29 is 4.79 Å². The van der Waals surface area contributed by atoms with Gasteiger partial charge >= 0.3 is 0 Å². The van der Waals surface area contributed by atoms with Gasteiger partial charge in [0.2, 0.25) is 0 Å². The molecule has 2 heterocycles. The molecular formula is C12H15ClN4OS. The molecule has 2 aromatic rings. The summed E-state index contributed by atoms with van der Waals surface area (Å²) in [4.78, 5) is 13.0. The molecule has 0 atom stereocenters. The third-order valence-electron chi connectivity index (χ3n) is 2.89. The Morgan fingerprint density at radius 2 is 2.21 bits per heavy atom. The van der Waals surface area contributed by atoms with Gasteiger partial charge in [0.1, 0.15) is 4.88 Å². The monoisotopic (exact) mass is 298 g/mol. The summed E-state index contributed by atoms with van der Waals surface area (Å²) in [5, 5.41) is 8.78. The van der Waals surface area contributed by atoms with Gasteiger partial charge in [-0.25, -0.2) is 0 Å². The molecule has 0 saturated heterocycles. The Bertz CT molecular complexity index is 605. The maximum absolute atomic E-state index is 12.3. The smallest absolute Gasteiger partial charge is 0.182 e. The lowest BCUT2D eigenvalue weighted by Gasteiger charge is -2.02. The molecule has 0 amide bonds. The van der Waals surface area contributed by atoms with Crippen LogP contribution in [0.15, 0.2) is 0 Å². The largest absolute Gasteiger partial charge is 0.293 e. The lowest BCUT2D eigenvalue weighted by molar-refractivity contribution is 0.0993. The number of hydrogen-bond donors (Lipinski definition) is 0. The molecule has 0 radical (unpaired) electrons. The van der Waals surface area contributed by atoms with Crippen molar-refractivity contribution in [3.63, 3.8) is 0 Å². The van der Waals surface area contributed by atoms with Gasteiger partial charge in [0, 0.05) is 7.05 Å². The summed E-state index contributed by atoms with van der Waals surface area (Å²) in [5.41, 5.74) is 2.26. The van der Waals surface area contributed by atoms with Gasteiger partial charge in [-0.05, 0) is 24.9 Å². The Balaban J connectivity index is 2.23. The number of carbonyl (C=O) groups is 1. The summed E-state index contributed by atoms with van der Waals surface area (Å²) in [7, 11) is 1.79. The first-order valence-corrected chi connectivity index (χ1v) is 7.22. The second-order valence-corrected chi connectivity index (χ2v) is 5.50. The zero-order valence-corrected chi connectivity index (χ0v) is 12.7. The Kier molecular flexibility index (Phi) is 4.31. The van der Waals surface area contributed by atoms with Crippen LogP contribution in [0.25, 0.3) is 0 Å². The number of nitrogens with zero attached hydrogens (tertiary/aromatic N) is 4. The highest BCUT2D eigenvalue weighted by Gasteiger charge is 2.20. The molecule has 0 aromatic carbocycles. The lowest BCUT2D eigenvalue weighted by atomic mass is 10.1. The fraction of sp³-hybridized carbons (Fsp3) is 0.500. The predicted octanol–water partition coefficient (Wildman–Crippen LogP) is 2.61. The minimum absolute atomic E-state index is 0.00310. The normalized spacial score (nSPS) is 10.9. The van der Waals surface area contributed by atoms with Crippen LogP contribution in [0.2, 0.25) is 5.02 Å². The number of aromatic nitrogens is 4. The predicted molar refractivity (Wildman–Crippen MR) is 74.9 cm³/mol.